The molecule has 2 aliphatic heterocycles. The Morgan fingerprint density at radius 2 is 1.63 bits per heavy atom. The van der Waals surface area contributed by atoms with Crippen LogP contribution in [0, 0.1) is 0 Å². The number of ether oxygens (including phenoxy) is 6. The molecule has 2 aromatic carbocycles. The lowest BCUT2D eigenvalue weighted by molar-refractivity contribution is -0.140. The zero-order chi connectivity index (χ0) is 25.1. The number of aliphatic hydroxyl groups excluding tert-OH is 1. The van der Waals surface area contributed by atoms with Gasteiger partial charge in [0.25, 0.3) is 11.7 Å². The van der Waals surface area contributed by atoms with Crippen molar-refractivity contribution in [2.45, 2.75) is 6.04 Å². The molecule has 0 bridgehead atoms. The van der Waals surface area contributed by atoms with E-state index in [4.69, 9.17) is 28.4 Å². The second-order valence-electron chi connectivity index (χ2n) is 7.80. The monoisotopic (exact) mass is 485 g/mol. The van der Waals surface area contributed by atoms with Gasteiger partial charge >= 0.3 is 0 Å². The van der Waals surface area contributed by atoms with Gasteiger partial charge < -0.3 is 38.4 Å². The number of fused-ring (bicyclic) bond motifs is 1. The van der Waals surface area contributed by atoms with E-state index in [1.807, 2.05) is 0 Å². The fourth-order valence-corrected chi connectivity index (χ4v) is 4.25. The van der Waals surface area contributed by atoms with Gasteiger partial charge in [-0.15, -0.1) is 0 Å². The molecular formula is C25H27NO9. The van der Waals surface area contributed by atoms with Crippen molar-refractivity contribution >= 4 is 17.4 Å². The van der Waals surface area contributed by atoms with Gasteiger partial charge in [0.15, 0.2) is 23.0 Å². The summed E-state index contributed by atoms with van der Waals surface area (Å²) in [6.45, 7) is 1.10. The molecule has 0 spiro atoms. The van der Waals surface area contributed by atoms with Gasteiger partial charge in [-0.2, -0.15) is 0 Å². The number of amides is 1. The fourth-order valence-electron chi connectivity index (χ4n) is 4.25. The topological polar surface area (TPSA) is 113 Å². The smallest absolute Gasteiger partial charge is 0.295 e. The molecule has 0 saturated carbocycles. The van der Waals surface area contributed by atoms with E-state index in [1.54, 1.807) is 30.3 Å². The van der Waals surface area contributed by atoms with Crippen molar-refractivity contribution in [3.8, 4) is 28.7 Å². The van der Waals surface area contributed by atoms with Crippen LogP contribution in [0.25, 0.3) is 5.76 Å². The first-order valence-electron chi connectivity index (χ1n) is 10.9. The minimum absolute atomic E-state index is 0.0722. The Kier molecular flexibility index (Phi) is 7.02. The van der Waals surface area contributed by atoms with Gasteiger partial charge in [-0.05, 0) is 35.9 Å². The maximum absolute atomic E-state index is 13.2. The van der Waals surface area contributed by atoms with Crippen molar-refractivity contribution < 1.29 is 43.1 Å². The predicted octanol–water partition coefficient (Wildman–Crippen LogP) is 2.55. The van der Waals surface area contributed by atoms with E-state index in [0.717, 1.165) is 0 Å². The zero-order valence-electron chi connectivity index (χ0n) is 20.0. The van der Waals surface area contributed by atoms with Crippen LogP contribution in [0.1, 0.15) is 17.2 Å². The summed E-state index contributed by atoms with van der Waals surface area (Å²) in [7, 11) is 5.92. The molecule has 2 aromatic rings. The van der Waals surface area contributed by atoms with Crippen molar-refractivity contribution in [1.82, 2.24) is 4.90 Å². The number of benzene rings is 2. The highest BCUT2D eigenvalue weighted by atomic mass is 16.6. The van der Waals surface area contributed by atoms with Crippen molar-refractivity contribution in [2.24, 2.45) is 0 Å². The van der Waals surface area contributed by atoms with Crippen LogP contribution < -0.4 is 23.7 Å². The molecular weight excluding hydrogens is 458 g/mol. The Morgan fingerprint density at radius 3 is 2.23 bits per heavy atom. The van der Waals surface area contributed by atoms with Crippen molar-refractivity contribution in [3.05, 3.63) is 47.0 Å². The maximum atomic E-state index is 13.2. The number of hydrogen-bond acceptors (Lipinski definition) is 9. The van der Waals surface area contributed by atoms with Gasteiger partial charge in [0.2, 0.25) is 5.75 Å². The van der Waals surface area contributed by atoms with Gasteiger partial charge in [-0.1, -0.05) is 0 Å². The molecule has 1 atom stereocenters. The van der Waals surface area contributed by atoms with Gasteiger partial charge in [0, 0.05) is 19.2 Å². The molecule has 186 valence electrons. The molecule has 0 radical (unpaired) electrons. The third kappa shape index (κ3) is 4.32. The minimum atomic E-state index is -0.924. The van der Waals surface area contributed by atoms with Crippen LogP contribution in [0.5, 0.6) is 28.7 Å². The van der Waals surface area contributed by atoms with Gasteiger partial charge in [-0.25, -0.2) is 0 Å². The van der Waals surface area contributed by atoms with Crippen LogP contribution in [0.15, 0.2) is 35.9 Å². The van der Waals surface area contributed by atoms with Crippen molar-refractivity contribution in [2.75, 3.05) is 54.8 Å². The van der Waals surface area contributed by atoms with Gasteiger partial charge in [0.05, 0.1) is 39.6 Å². The number of hydrogen-bond donors (Lipinski definition) is 1. The highest BCUT2D eigenvalue weighted by Crippen LogP contribution is 2.46. The molecule has 10 nitrogen and oxygen atoms in total. The number of Topliss-reactive ketones (excluding diaryl/α,β-unsaturated/α-hetero) is 1. The third-order valence-electron chi connectivity index (χ3n) is 5.89. The number of carbonyl (C=O) groups excluding carboxylic acids is 2. The first-order chi connectivity index (χ1) is 16.9. The molecule has 0 aromatic heterocycles. The van der Waals surface area contributed by atoms with Crippen molar-refractivity contribution in [3.63, 3.8) is 0 Å². The molecule has 4 rings (SSSR count). The number of carbonyl (C=O) groups is 2. The Hall–Kier alpha value is -3.92. The second kappa shape index (κ2) is 10.1. The largest absolute Gasteiger partial charge is 0.507 e. The minimum Gasteiger partial charge on any atom is -0.507 e. The van der Waals surface area contributed by atoms with E-state index in [9.17, 15) is 14.7 Å². The van der Waals surface area contributed by atoms with E-state index in [1.165, 1.54) is 33.3 Å². The summed E-state index contributed by atoms with van der Waals surface area (Å²) in [6.07, 6.45) is 0. The number of rotatable bonds is 8. The highest BCUT2D eigenvalue weighted by molar-refractivity contribution is 6.46. The maximum Gasteiger partial charge on any atom is 0.295 e. The summed E-state index contributed by atoms with van der Waals surface area (Å²) >= 11 is 0. The SMILES string of the molecule is COCCN1C(=O)C(=O)/C(=C(/O)c2ccc3c(c2)OCCO3)C1c1cc(OC)c(OC)c(OC)c1. The highest BCUT2D eigenvalue weighted by Gasteiger charge is 2.46. The molecule has 1 amide bonds. The Labute approximate surface area is 202 Å². The van der Waals surface area contributed by atoms with E-state index in [2.05, 4.69) is 0 Å². The Bertz CT molecular complexity index is 1150. The summed E-state index contributed by atoms with van der Waals surface area (Å²) < 4.78 is 32.6. The Balaban J connectivity index is 1.90. The predicted molar refractivity (Wildman–Crippen MR) is 124 cm³/mol. The number of nitrogens with zero attached hydrogens (tertiary/aromatic N) is 1. The van der Waals surface area contributed by atoms with Gasteiger partial charge in [-0.3, -0.25) is 9.59 Å². The third-order valence-corrected chi connectivity index (χ3v) is 5.89. The van der Waals surface area contributed by atoms with E-state index >= 15 is 0 Å². The first-order valence-corrected chi connectivity index (χ1v) is 10.9. The lowest BCUT2D eigenvalue weighted by atomic mass is 9.94. The van der Waals surface area contributed by atoms with E-state index < -0.39 is 17.7 Å². The summed E-state index contributed by atoms with van der Waals surface area (Å²) in [6, 6.07) is 7.21. The lowest BCUT2D eigenvalue weighted by Crippen LogP contribution is -2.32. The Morgan fingerprint density at radius 1 is 0.971 bits per heavy atom. The molecule has 2 heterocycles. The molecule has 10 heteroatoms. The van der Waals surface area contributed by atoms with Crippen molar-refractivity contribution in [1.29, 1.82) is 0 Å². The average Bonchev–Trinajstić information content (AvgIpc) is 3.15. The lowest BCUT2D eigenvalue weighted by Gasteiger charge is -2.26. The van der Waals surface area contributed by atoms with Crippen LogP contribution >= 0.6 is 0 Å². The molecule has 35 heavy (non-hydrogen) atoms. The molecule has 1 saturated heterocycles. The number of ketones is 1. The second-order valence-corrected chi connectivity index (χ2v) is 7.80. The van der Waals surface area contributed by atoms with Crippen LogP contribution in [-0.2, 0) is 14.3 Å². The molecule has 1 unspecified atom stereocenters. The molecule has 0 aliphatic carbocycles. The summed E-state index contributed by atoms with van der Waals surface area (Å²) in [5, 5.41) is 11.3. The number of methoxy groups -OCH3 is 4. The van der Waals surface area contributed by atoms with Crippen LogP contribution in [0.3, 0.4) is 0 Å². The molecule has 2 aliphatic rings. The van der Waals surface area contributed by atoms with E-state index in [-0.39, 0.29) is 24.5 Å². The summed E-state index contributed by atoms with van der Waals surface area (Å²) in [4.78, 5) is 27.6. The van der Waals surface area contributed by atoms with Crippen LogP contribution in [-0.4, -0.2) is 76.5 Å². The quantitative estimate of drug-likeness (QED) is 0.342. The standard InChI is InChI=1S/C25H27NO9/c1-30-8-7-26-21(15-12-18(31-2)24(33-4)19(13-15)32-3)20(23(28)25(26)29)22(27)14-5-6-16-17(11-14)35-10-9-34-16/h5-6,11-13,21,27H,7-10H2,1-4H3/b22-20+. The van der Waals surface area contributed by atoms with Crippen LogP contribution in [0.4, 0.5) is 0 Å². The fraction of sp³-hybridized carbons (Fsp3) is 0.360. The van der Waals surface area contributed by atoms with Crippen LogP contribution in [0.2, 0.25) is 0 Å². The normalized spacial score (nSPS) is 18.5. The molecule has 1 N–H and O–H groups in total. The summed E-state index contributed by atoms with van der Waals surface area (Å²) in [5.74, 6) is 0.135. The zero-order valence-corrected chi connectivity index (χ0v) is 20.0. The van der Waals surface area contributed by atoms with E-state index in [0.29, 0.717) is 53.1 Å². The van der Waals surface area contributed by atoms with Gasteiger partial charge in [0.1, 0.15) is 19.0 Å². The molecule has 1 fully saturated rings. The first kappa shape index (κ1) is 24.2. The number of likely N-dealkylation sites (tertiary alicyclic amines) is 1. The number of aliphatic hydroxyl groups is 1. The average molecular weight is 485 g/mol. The summed E-state index contributed by atoms with van der Waals surface area (Å²) in [5.41, 5.74) is 0.738.